The van der Waals surface area contributed by atoms with Gasteiger partial charge in [-0.3, -0.25) is 14.9 Å². The van der Waals surface area contributed by atoms with Crippen LogP contribution in [-0.4, -0.2) is 31.3 Å². The summed E-state index contributed by atoms with van der Waals surface area (Å²) in [4.78, 5) is 22.7. The number of nitro benzene ring substituents is 1. The van der Waals surface area contributed by atoms with Crippen LogP contribution in [0.3, 0.4) is 0 Å². The third kappa shape index (κ3) is 3.94. The highest BCUT2D eigenvalue weighted by atomic mass is 16.6. The van der Waals surface area contributed by atoms with Crippen molar-refractivity contribution >= 4 is 17.8 Å². The highest BCUT2D eigenvalue weighted by Crippen LogP contribution is 2.33. The number of hydrogen-bond acceptors (Lipinski definition) is 7. The topological polar surface area (TPSA) is 116 Å². The third-order valence-corrected chi connectivity index (χ3v) is 3.38. The number of hydrogen-bond donors (Lipinski definition) is 1. The molecule has 1 N–H and O–H groups in total. The summed E-state index contributed by atoms with van der Waals surface area (Å²) < 4.78 is 15.4. The molecule has 0 radical (unpaired) electrons. The van der Waals surface area contributed by atoms with Gasteiger partial charge in [0.1, 0.15) is 11.5 Å². The molecule has 2 aromatic rings. The summed E-state index contributed by atoms with van der Waals surface area (Å²) in [6.45, 7) is 3.38. The Morgan fingerprint density at radius 1 is 1.24 bits per heavy atom. The zero-order valence-electron chi connectivity index (χ0n) is 14.2. The molecule has 9 nitrogen and oxygen atoms in total. The fraction of sp³-hybridized carbons (Fsp3) is 0.250. The summed E-state index contributed by atoms with van der Waals surface area (Å²) in [5.74, 6) is 1.11. The van der Waals surface area contributed by atoms with E-state index < -0.39 is 10.8 Å². The standard InChI is InChI=1S/C16H17N3O6/c1-9-5-12(10(2)25-9)16(20)18-17-8-11-6-14(23-3)15(24-4)7-13(11)19(21)22/h5-8H,1-4H3,(H,18,20)/b17-8-. The number of benzene rings is 1. The summed E-state index contributed by atoms with van der Waals surface area (Å²) in [6.07, 6.45) is 1.17. The highest BCUT2D eigenvalue weighted by Gasteiger charge is 2.18. The second kappa shape index (κ2) is 7.47. The minimum absolute atomic E-state index is 0.156. The van der Waals surface area contributed by atoms with Crippen molar-refractivity contribution in [3.63, 3.8) is 0 Å². The van der Waals surface area contributed by atoms with Gasteiger partial charge in [0.2, 0.25) is 0 Å². The van der Waals surface area contributed by atoms with Crippen LogP contribution >= 0.6 is 0 Å². The summed E-state index contributed by atoms with van der Waals surface area (Å²) in [7, 11) is 2.79. The molecule has 0 aliphatic heterocycles. The van der Waals surface area contributed by atoms with E-state index in [9.17, 15) is 14.9 Å². The van der Waals surface area contributed by atoms with Crippen LogP contribution in [0.15, 0.2) is 27.7 Å². The number of amides is 1. The Morgan fingerprint density at radius 2 is 1.88 bits per heavy atom. The Balaban J connectivity index is 2.26. The number of carbonyl (C=O) groups is 1. The zero-order valence-corrected chi connectivity index (χ0v) is 14.2. The van der Waals surface area contributed by atoms with Crippen molar-refractivity contribution in [1.29, 1.82) is 0 Å². The first kappa shape index (κ1) is 18.0. The first-order chi connectivity index (χ1) is 11.9. The van der Waals surface area contributed by atoms with Crippen LogP contribution in [0.2, 0.25) is 0 Å². The first-order valence-electron chi connectivity index (χ1n) is 7.18. The van der Waals surface area contributed by atoms with Gasteiger partial charge in [-0.25, -0.2) is 5.43 Å². The minimum atomic E-state index is -0.575. The molecule has 1 aromatic heterocycles. The van der Waals surface area contributed by atoms with Crippen LogP contribution in [0.4, 0.5) is 5.69 Å². The summed E-state index contributed by atoms with van der Waals surface area (Å²) in [5.41, 5.74) is 2.58. The van der Waals surface area contributed by atoms with Crippen LogP contribution in [-0.2, 0) is 0 Å². The van der Waals surface area contributed by atoms with Crippen LogP contribution in [0.5, 0.6) is 11.5 Å². The second-order valence-corrected chi connectivity index (χ2v) is 5.05. The SMILES string of the molecule is COc1cc(/C=N\NC(=O)c2cc(C)oc2C)c([N+](=O)[O-])cc1OC. The van der Waals surface area contributed by atoms with E-state index in [-0.39, 0.29) is 17.0 Å². The van der Waals surface area contributed by atoms with Crippen LogP contribution < -0.4 is 14.9 Å². The molecule has 2 rings (SSSR count). The number of furan rings is 1. The molecule has 0 saturated heterocycles. The number of aryl methyl sites for hydroxylation is 2. The fourth-order valence-electron chi connectivity index (χ4n) is 2.22. The van der Waals surface area contributed by atoms with Gasteiger partial charge >= 0.3 is 0 Å². The molecule has 132 valence electrons. The lowest BCUT2D eigenvalue weighted by atomic mass is 10.1. The van der Waals surface area contributed by atoms with E-state index in [0.29, 0.717) is 22.8 Å². The number of nitrogens with one attached hydrogen (secondary N) is 1. The van der Waals surface area contributed by atoms with Gasteiger partial charge in [0.15, 0.2) is 11.5 Å². The van der Waals surface area contributed by atoms with Gasteiger partial charge < -0.3 is 13.9 Å². The molecular weight excluding hydrogens is 330 g/mol. The summed E-state index contributed by atoms with van der Waals surface area (Å²) in [5, 5.41) is 15.0. The Labute approximate surface area is 143 Å². The Morgan fingerprint density at radius 3 is 2.40 bits per heavy atom. The molecule has 0 fully saturated rings. The largest absolute Gasteiger partial charge is 0.493 e. The number of methoxy groups -OCH3 is 2. The highest BCUT2D eigenvalue weighted by molar-refractivity contribution is 5.96. The minimum Gasteiger partial charge on any atom is -0.493 e. The molecule has 0 unspecified atom stereocenters. The third-order valence-electron chi connectivity index (χ3n) is 3.38. The quantitative estimate of drug-likeness (QED) is 0.488. The van der Waals surface area contributed by atoms with Gasteiger partial charge in [0, 0.05) is 0 Å². The van der Waals surface area contributed by atoms with E-state index in [4.69, 9.17) is 13.9 Å². The van der Waals surface area contributed by atoms with Gasteiger partial charge in [0.05, 0.1) is 42.6 Å². The number of nitrogens with zero attached hydrogens (tertiary/aromatic N) is 2. The Kier molecular flexibility index (Phi) is 5.38. The number of nitro groups is 1. The lowest BCUT2D eigenvalue weighted by molar-refractivity contribution is -0.385. The lowest BCUT2D eigenvalue weighted by Gasteiger charge is -2.08. The second-order valence-electron chi connectivity index (χ2n) is 5.05. The van der Waals surface area contributed by atoms with Crippen molar-refractivity contribution in [1.82, 2.24) is 5.43 Å². The maximum absolute atomic E-state index is 12.0. The Bertz CT molecular complexity index is 841. The average Bonchev–Trinajstić information content (AvgIpc) is 2.92. The monoisotopic (exact) mass is 347 g/mol. The predicted octanol–water partition coefficient (Wildman–Crippen LogP) is 2.59. The van der Waals surface area contributed by atoms with Crippen LogP contribution in [0.25, 0.3) is 0 Å². The molecule has 0 aliphatic carbocycles. The van der Waals surface area contributed by atoms with Gasteiger partial charge in [-0.1, -0.05) is 0 Å². The normalized spacial score (nSPS) is 10.7. The maximum atomic E-state index is 12.0. The molecule has 0 saturated carbocycles. The smallest absolute Gasteiger partial charge is 0.282 e. The fourth-order valence-corrected chi connectivity index (χ4v) is 2.22. The van der Waals surface area contributed by atoms with Crippen molar-refractivity contribution in [2.45, 2.75) is 13.8 Å². The number of ether oxygens (including phenoxy) is 2. The predicted molar refractivity (Wildman–Crippen MR) is 89.4 cm³/mol. The summed E-state index contributed by atoms with van der Waals surface area (Å²) >= 11 is 0. The molecule has 1 amide bonds. The molecule has 1 heterocycles. The van der Waals surface area contributed by atoms with Crippen LogP contribution in [0, 0.1) is 24.0 Å². The molecule has 0 aliphatic rings. The zero-order chi connectivity index (χ0) is 18.6. The van der Waals surface area contributed by atoms with Gasteiger partial charge in [-0.05, 0) is 26.0 Å². The number of hydrazone groups is 1. The van der Waals surface area contributed by atoms with E-state index in [1.54, 1.807) is 19.9 Å². The lowest BCUT2D eigenvalue weighted by Crippen LogP contribution is -2.17. The first-order valence-corrected chi connectivity index (χ1v) is 7.18. The van der Waals surface area contributed by atoms with E-state index in [0.717, 1.165) is 0 Å². The van der Waals surface area contributed by atoms with Crippen molar-refractivity contribution < 1.29 is 23.6 Å². The average molecular weight is 347 g/mol. The molecule has 9 heteroatoms. The molecule has 25 heavy (non-hydrogen) atoms. The number of rotatable bonds is 6. The van der Waals surface area contributed by atoms with Crippen molar-refractivity contribution in [2.24, 2.45) is 5.10 Å². The molecule has 0 spiro atoms. The van der Waals surface area contributed by atoms with E-state index in [1.165, 1.54) is 32.6 Å². The Hall–Kier alpha value is -3.36. The van der Waals surface area contributed by atoms with Crippen molar-refractivity contribution in [3.8, 4) is 11.5 Å². The molecule has 1 aromatic carbocycles. The van der Waals surface area contributed by atoms with Gasteiger partial charge in [-0.15, -0.1) is 0 Å². The van der Waals surface area contributed by atoms with Crippen molar-refractivity contribution in [2.75, 3.05) is 14.2 Å². The number of carbonyl (C=O) groups excluding carboxylic acids is 1. The van der Waals surface area contributed by atoms with E-state index in [2.05, 4.69) is 10.5 Å². The maximum Gasteiger partial charge on any atom is 0.282 e. The van der Waals surface area contributed by atoms with Crippen LogP contribution in [0.1, 0.15) is 27.4 Å². The molecule has 0 atom stereocenters. The van der Waals surface area contributed by atoms with Crippen molar-refractivity contribution in [3.05, 3.63) is 51.0 Å². The van der Waals surface area contributed by atoms with Gasteiger partial charge in [-0.2, -0.15) is 5.10 Å². The van der Waals surface area contributed by atoms with E-state index >= 15 is 0 Å². The van der Waals surface area contributed by atoms with Gasteiger partial charge in [0.25, 0.3) is 11.6 Å². The van der Waals surface area contributed by atoms with E-state index in [1.807, 2.05) is 0 Å². The molecule has 0 bridgehead atoms. The molecular formula is C16H17N3O6. The summed E-state index contributed by atoms with van der Waals surface area (Å²) in [6, 6.07) is 4.21.